The van der Waals surface area contributed by atoms with Crippen LogP contribution in [0.5, 0.6) is 0 Å². The van der Waals surface area contributed by atoms with Crippen molar-refractivity contribution in [2.75, 3.05) is 37.6 Å². The van der Waals surface area contributed by atoms with Gasteiger partial charge in [-0.25, -0.2) is 14.8 Å². The Morgan fingerprint density at radius 2 is 1.68 bits per heavy atom. The minimum Gasteiger partial charge on any atom is -0.337 e. The van der Waals surface area contributed by atoms with E-state index in [0.717, 1.165) is 44.9 Å². The number of anilines is 1. The number of hydrogen-bond donors (Lipinski definition) is 1. The van der Waals surface area contributed by atoms with Crippen molar-refractivity contribution in [2.24, 2.45) is 5.92 Å². The van der Waals surface area contributed by atoms with Gasteiger partial charge >= 0.3 is 12.2 Å². The van der Waals surface area contributed by atoms with E-state index in [-0.39, 0.29) is 30.1 Å². The highest BCUT2D eigenvalue weighted by Crippen LogP contribution is 2.29. The molecule has 31 heavy (non-hydrogen) atoms. The molecule has 0 spiro atoms. The number of carbonyl (C=O) groups is 1. The molecule has 2 fully saturated rings. The minimum absolute atomic E-state index is 0.0738. The first-order valence-electron chi connectivity index (χ1n) is 11.0. The molecule has 3 rings (SSSR count). The lowest BCUT2D eigenvalue weighted by Gasteiger charge is -2.45. The van der Waals surface area contributed by atoms with E-state index in [2.05, 4.69) is 34.0 Å². The molecule has 174 valence electrons. The fourth-order valence-electron chi connectivity index (χ4n) is 4.54. The molecule has 2 aliphatic heterocycles. The highest BCUT2D eigenvalue weighted by atomic mass is 19.4. The molecule has 1 N–H and O–H groups in total. The van der Waals surface area contributed by atoms with Gasteiger partial charge in [-0.15, -0.1) is 0 Å². The monoisotopic (exact) mass is 442 g/mol. The molecule has 2 atom stereocenters. The number of carbonyl (C=O) groups excluding carboxylic acids is 1. The van der Waals surface area contributed by atoms with Gasteiger partial charge in [-0.05, 0) is 32.6 Å². The number of aromatic nitrogens is 2. The Balaban J connectivity index is 1.54. The molecule has 2 aliphatic rings. The smallest absolute Gasteiger partial charge is 0.337 e. The van der Waals surface area contributed by atoms with E-state index in [4.69, 9.17) is 0 Å². The first-order valence-corrected chi connectivity index (χ1v) is 11.0. The third-order valence-electron chi connectivity index (χ3n) is 5.94. The number of amides is 2. The van der Waals surface area contributed by atoms with Crippen molar-refractivity contribution in [3.05, 3.63) is 18.0 Å². The third-order valence-corrected chi connectivity index (χ3v) is 5.94. The summed E-state index contributed by atoms with van der Waals surface area (Å²) in [7, 11) is 0. The number of likely N-dealkylation sites (tertiary alicyclic amines) is 1. The van der Waals surface area contributed by atoms with Crippen LogP contribution in [0, 0.1) is 5.92 Å². The molecule has 0 aromatic carbocycles. The van der Waals surface area contributed by atoms with Crippen molar-refractivity contribution in [1.29, 1.82) is 0 Å². The topological polar surface area (TPSA) is 64.6 Å². The molecule has 0 unspecified atom stereocenters. The molecular formula is C21H33F3N6O. The molecule has 7 nitrogen and oxygen atoms in total. The van der Waals surface area contributed by atoms with E-state index in [0.29, 0.717) is 19.0 Å². The molecule has 10 heteroatoms. The summed E-state index contributed by atoms with van der Waals surface area (Å²) in [5.41, 5.74) is -0.866. The largest absolute Gasteiger partial charge is 0.419 e. The van der Waals surface area contributed by atoms with Crippen LogP contribution in [-0.2, 0) is 6.18 Å². The van der Waals surface area contributed by atoms with Gasteiger partial charge in [0.2, 0.25) is 5.95 Å². The molecule has 0 bridgehead atoms. The maximum Gasteiger partial charge on any atom is 0.419 e. The standard InChI is InChI=1S/C21H33F3N6O/c1-14(2)11-28-7-5-18(6-8-28)27-20(31)30-15(3)12-29(13-16(30)4)19-25-9-17(10-26-19)21(22,23)24/h9-10,14-16,18H,5-8,11-13H2,1-4H3,(H,27,31)/t15-,16+. The van der Waals surface area contributed by atoms with Crippen LogP contribution in [0.3, 0.4) is 0 Å². The van der Waals surface area contributed by atoms with Crippen LogP contribution in [-0.4, -0.2) is 76.6 Å². The van der Waals surface area contributed by atoms with Gasteiger partial charge in [0, 0.05) is 63.2 Å². The van der Waals surface area contributed by atoms with E-state index < -0.39 is 11.7 Å². The molecule has 3 heterocycles. The quantitative estimate of drug-likeness (QED) is 0.776. The number of alkyl halides is 3. The van der Waals surface area contributed by atoms with Crippen LogP contribution in [0.4, 0.5) is 23.9 Å². The second kappa shape index (κ2) is 9.58. The number of halogens is 3. The van der Waals surface area contributed by atoms with Crippen molar-refractivity contribution in [3.63, 3.8) is 0 Å². The number of piperazine rings is 1. The number of rotatable bonds is 4. The Morgan fingerprint density at radius 1 is 1.13 bits per heavy atom. The summed E-state index contributed by atoms with van der Waals surface area (Å²) >= 11 is 0. The summed E-state index contributed by atoms with van der Waals surface area (Å²) in [4.78, 5) is 26.9. The summed E-state index contributed by atoms with van der Waals surface area (Å²) in [6.45, 7) is 12.3. The summed E-state index contributed by atoms with van der Waals surface area (Å²) in [6, 6.07) is -0.131. The maximum atomic E-state index is 13.0. The van der Waals surface area contributed by atoms with Gasteiger partial charge in [0.15, 0.2) is 0 Å². The minimum atomic E-state index is -4.46. The first kappa shape index (κ1) is 23.6. The number of nitrogens with one attached hydrogen (secondary N) is 1. The van der Waals surface area contributed by atoms with Crippen LogP contribution in [0.2, 0.25) is 0 Å². The molecule has 2 amide bonds. The summed E-state index contributed by atoms with van der Waals surface area (Å²) < 4.78 is 38.2. The SMILES string of the molecule is CC(C)CN1CCC(NC(=O)N2[C@H](C)CN(c3ncc(C(F)(F)F)cn3)C[C@@H]2C)CC1. The Kier molecular flexibility index (Phi) is 7.28. The molecule has 1 aromatic rings. The average molecular weight is 443 g/mol. The van der Waals surface area contributed by atoms with E-state index >= 15 is 0 Å². The van der Waals surface area contributed by atoms with Crippen LogP contribution >= 0.6 is 0 Å². The highest BCUT2D eigenvalue weighted by Gasteiger charge is 2.36. The van der Waals surface area contributed by atoms with Gasteiger partial charge in [-0.3, -0.25) is 0 Å². The second-order valence-electron chi connectivity index (χ2n) is 9.20. The lowest BCUT2D eigenvalue weighted by atomic mass is 10.0. The molecule has 0 radical (unpaired) electrons. The summed E-state index contributed by atoms with van der Waals surface area (Å²) in [5.74, 6) is 0.891. The number of piperidine rings is 1. The van der Waals surface area contributed by atoms with E-state index in [1.165, 1.54) is 0 Å². The lowest BCUT2D eigenvalue weighted by Crippen LogP contribution is -2.62. The lowest BCUT2D eigenvalue weighted by molar-refractivity contribution is -0.138. The molecule has 1 aromatic heterocycles. The molecular weight excluding hydrogens is 409 g/mol. The van der Waals surface area contributed by atoms with Crippen molar-refractivity contribution < 1.29 is 18.0 Å². The Hall–Kier alpha value is -2.10. The average Bonchev–Trinajstić information content (AvgIpc) is 2.68. The van der Waals surface area contributed by atoms with Gasteiger partial charge < -0.3 is 20.0 Å². The van der Waals surface area contributed by atoms with Crippen molar-refractivity contribution >= 4 is 12.0 Å². The molecule has 0 saturated carbocycles. The summed E-state index contributed by atoms with van der Waals surface area (Å²) in [5, 5.41) is 3.19. The fourth-order valence-corrected chi connectivity index (χ4v) is 4.54. The Labute approximate surface area is 182 Å². The van der Waals surface area contributed by atoms with Crippen molar-refractivity contribution in [1.82, 2.24) is 25.1 Å². The van der Waals surface area contributed by atoms with Crippen LogP contribution in [0.15, 0.2) is 12.4 Å². The van der Waals surface area contributed by atoms with Crippen molar-refractivity contribution in [2.45, 2.75) is 64.8 Å². The van der Waals surface area contributed by atoms with Crippen LogP contribution < -0.4 is 10.2 Å². The number of nitrogens with zero attached hydrogens (tertiary/aromatic N) is 5. The van der Waals surface area contributed by atoms with Crippen molar-refractivity contribution in [3.8, 4) is 0 Å². The van der Waals surface area contributed by atoms with Gasteiger partial charge in [-0.2, -0.15) is 13.2 Å². The number of urea groups is 1. The van der Waals surface area contributed by atoms with Gasteiger partial charge in [0.1, 0.15) is 0 Å². The first-order chi connectivity index (χ1) is 14.5. The highest BCUT2D eigenvalue weighted by molar-refractivity contribution is 5.75. The predicted molar refractivity (Wildman–Crippen MR) is 113 cm³/mol. The normalized spacial score (nSPS) is 24.0. The fraction of sp³-hybridized carbons (Fsp3) is 0.762. The zero-order valence-corrected chi connectivity index (χ0v) is 18.7. The van der Waals surface area contributed by atoms with Crippen LogP contribution in [0.1, 0.15) is 46.1 Å². The zero-order chi connectivity index (χ0) is 22.8. The van der Waals surface area contributed by atoms with E-state index in [1.54, 1.807) is 0 Å². The van der Waals surface area contributed by atoms with Gasteiger partial charge in [0.05, 0.1) is 5.56 Å². The van der Waals surface area contributed by atoms with Gasteiger partial charge in [0.25, 0.3) is 0 Å². The zero-order valence-electron chi connectivity index (χ0n) is 18.7. The Bertz CT molecular complexity index is 722. The summed E-state index contributed by atoms with van der Waals surface area (Å²) in [6.07, 6.45) is -0.952. The number of hydrogen-bond acceptors (Lipinski definition) is 5. The predicted octanol–water partition coefficient (Wildman–Crippen LogP) is 3.22. The molecule has 0 aliphatic carbocycles. The van der Waals surface area contributed by atoms with Gasteiger partial charge in [-0.1, -0.05) is 13.8 Å². The van der Waals surface area contributed by atoms with E-state index in [9.17, 15) is 18.0 Å². The van der Waals surface area contributed by atoms with E-state index in [1.807, 2.05) is 23.6 Å². The maximum absolute atomic E-state index is 13.0. The molecule has 2 saturated heterocycles. The van der Waals surface area contributed by atoms with Crippen LogP contribution in [0.25, 0.3) is 0 Å². The second-order valence-corrected chi connectivity index (χ2v) is 9.20. The Morgan fingerprint density at radius 3 is 2.16 bits per heavy atom. The third kappa shape index (κ3) is 5.99.